The lowest BCUT2D eigenvalue weighted by Crippen LogP contribution is -2.42. The number of piperidine rings is 1. The van der Waals surface area contributed by atoms with Gasteiger partial charge in [0.15, 0.2) is 5.82 Å². The topological polar surface area (TPSA) is 104 Å². The van der Waals surface area contributed by atoms with Gasteiger partial charge in [0.2, 0.25) is 5.88 Å². The van der Waals surface area contributed by atoms with Crippen LogP contribution in [0.4, 0.5) is 10.2 Å². The van der Waals surface area contributed by atoms with Crippen LogP contribution in [0.2, 0.25) is 0 Å². The Balaban J connectivity index is 1.21. The van der Waals surface area contributed by atoms with Gasteiger partial charge < -0.3 is 14.6 Å². The second kappa shape index (κ2) is 9.62. The van der Waals surface area contributed by atoms with Crippen LogP contribution in [0.3, 0.4) is 0 Å². The van der Waals surface area contributed by atoms with Crippen molar-refractivity contribution in [2.24, 2.45) is 0 Å². The third-order valence-corrected chi connectivity index (χ3v) is 7.90. The van der Waals surface area contributed by atoms with Crippen molar-refractivity contribution in [1.29, 1.82) is 5.26 Å². The molecule has 1 aliphatic heterocycles. The number of aromatic amines is 1. The summed E-state index contributed by atoms with van der Waals surface area (Å²) < 4.78 is 19.2. The number of halogens is 1. The number of nitriles is 1. The third kappa shape index (κ3) is 4.42. The number of methoxy groups -OCH3 is 1. The smallest absolute Gasteiger partial charge is 0.250 e. The van der Waals surface area contributed by atoms with E-state index in [0.29, 0.717) is 16.8 Å². The number of H-pyrrole nitrogens is 1. The highest BCUT2D eigenvalue weighted by atomic mass is 19.1. The lowest BCUT2D eigenvalue weighted by Gasteiger charge is -2.39. The van der Waals surface area contributed by atoms with Crippen molar-refractivity contribution in [3.8, 4) is 23.2 Å². The quantitative estimate of drug-likeness (QED) is 0.383. The average molecular weight is 522 g/mol. The maximum Gasteiger partial charge on any atom is 0.250 e. The minimum absolute atomic E-state index is 0.0263. The predicted octanol–water partition coefficient (Wildman–Crippen LogP) is 5.24. The lowest BCUT2D eigenvalue weighted by atomic mass is 9.79. The standard InChI is InChI=1S/C30H28FN7O/c1-18-26(22-13-24(31)28(39-3)33-16-22)37-29(36-18)30(2)8-10-38(11-9-30)27-23-12-21(14-25(23)34-17-35-27)20-6-4-19(15-32)5-7-20/h4-7,12-13,16-17H,8-11,14H2,1-3H3,(H,36,37). The van der Waals surface area contributed by atoms with E-state index in [1.165, 1.54) is 18.7 Å². The number of fused-ring (bicyclic) bond motifs is 1. The lowest BCUT2D eigenvalue weighted by molar-refractivity contribution is 0.345. The van der Waals surface area contributed by atoms with E-state index in [2.05, 4.69) is 43.9 Å². The molecule has 196 valence electrons. The number of pyridine rings is 1. The Morgan fingerprint density at radius 3 is 2.56 bits per heavy atom. The molecular weight excluding hydrogens is 493 g/mol. The van der Waals surface area contributed by atoms with Crippen LogP contribution >= 0.6 is 0 Å². The number of rotatable bonds is 5. The van der Waals surface area contributed by atoms with E-state index < -0.39 is 5.82 Å². The molecular formula is C30H28FN7O. The van der Waals surface area contributed by atoms with Crippen LogP contribution in [0.25, 0.3) is 22.9 Å². The first-order valence-corrected chi connectivity index (χ1v) is 13.0. The summed E-state index contributed by atoms with van der Waals surface area (Å²) in [6.45, 7) is 5.84. The summed E-state index contributed by atoms with van der Waals surface area (Å²) in [6, 6.07) is 11.3. The molecule has 1 N–H and O–H groups in total. The number of ether oxygens (including phenoxy) is 1. The molecule has 1 aliphatic carbocycles. The van der Waals surface area contributed by atoms with Gasteiger partial charge in [0, 0.05) is 47.9 Å². The SMILES string of the molecule is COc1ncc(-c2nc(C3(C)CCN(c4ncnc5c4C=C(c4ccc(C#N)cc4)C5)CC3)[nH]c2C)cc1F. The first-order chi connectivity index (χ1) is 18.9. The van der Waals surface area contributed by atoms with Crippen molar-refractivity contribution < 1.29 is 9.13 Å². The molecule has 0 radical (unpaired) electrons. The first-order valence-electron chi connectivity index (χ1n) is 13.0. The number of aryl methyl sites for hydroxylation is 1. The van der Waals surface area contributed by atoms with Gasteiger partial charge >= 0.3 is 0 Å². The Kier molecular flexibility index (Phi) is 6.10. The zero-order chi connectivity index (χ0) is 27.1. The van der Waals surface area contributed by atoms with Crippen molar-refractivity contribution in [2.75, 3.05) is 25.1 Å². The second-order valence-corrected chi connectivity index (χ2v) is 10.4. The molecule has 39 heavy (non-hydrogen) atoms. The number of anilines is 1. The highest BCUT2D eigenvalue weighted by Crippen LogP contribution is 2.40. The van der Waals surface area contributed by atoms with E-state index >= 15 is 0 Å². The maximum absolute atomic E-state index is 14.3. The molecule has 8 nitrogen and oxygen atoms in total. The van der Waals surface area contributed by atoms with Crippen molar-refractivity contribution >= 4 is 17.5 Å². The van der Waals surface area contributed by atoms with E-state index in [9.17, 15) is 4.39 Å². The van der Waals surface area contributed by atoms with Crippen LogP contribution in [-0.4, -0.2) is 45.1 Å². The fraction of sp³-hybridized carbons (Fsp3) is 0.300. The number of allylic oxidation sites excluding steroid dienone is 1. The van der Waals surface area contributed by atoms with Gasteiger partial charge in [0.1, 0.15) is 18.0 Å². The Morgan fingerprint density at radius 2 is 1.87 bits per heavy atom. The molecule has 0 amide bonds. The number of nitrogens with zero attached hydrogens (tertiary/aromatic N) is 6. The first kappa shape index (κ1) is 24.7. The molecule has 2 aliphatic rings. The Bertz CT molecular complexity index is 1630. The predicted molar refractivity (Wildman–Crippen MR) is 147 cm³/mol. The molecule has 0 bridgehead atoms. The van der Waals surface area contributed by atoms with Crippen molar-refractivity contribution in [3.05, 3.63) is 82.6 Å². The van der Waals surface area contributed by atoms with Gasteiger partial charge in [0.25, 0.3) is 0 Å². The van der Waals surface area contributed by atoms with E-state index in [-0.39, 0.29) is 11.3 Å². The molecule has 4 aromatic rings. The number of benzene rings is 1. The molecule has 0 spiro atoms. The van der Waals surface area contributed by atoms with E-state index in [0.717, 1.165) is 66.5 Å². The molecule has 0 unspecified atom stereocenters. The zero-order valence-corrected chi connectivity index (χ0v) is 22.1. The summed E-state index contributed by atoms with van der Waals surface area (Å²) >= 11 is 0. The Morgan fingerprint density at radius 1 is 1.10 bits per heavy atom. The molecule has 1 fully saturated rings. The number of hydrogen-bond donors (Lipinski definition) is 1. The van der Waals surface area contributed by atoms with Gasteiger partial charge in [-0.3, -0.25) is 0 Å². The maximum atomic E-state index is 14.3. The highest BCUT2D eigenvalue weighted by Gasteiger charge is 2.36. The molecule has 3 aromatic heterocycles. The summed E-state index contributed by atoms with van der Waals surface area (Å²) in [5, 5.41) is 9.11. The molecule has 4 heterocycles. The normalized spacial score (nSPS) is 16.0. The highest BCUT2D eigenvalue weighted by molar-refractivity contribution is 5.91. The Hall–Kier alpha value is -4.58. The summed E-state index contributed by atoms with van der Waals surface area (Å²) in [5.74, 6) is 1.33. The van der Waals surface area contributed by atoms with Crippen LogP contribution < -0.4 is 9.64 Å². The van der Waals surface area contributed by atoms with Gasteiger partial charge in [-0.05, 0) is 55.2 Å². The van der Waals surface area contributed by atoms with Gasteiger partial charge in [-0.2, -0.15) is 5.26 Å². The fourth-order valence-corrected chi connectivity index (χ4v) is 5.49. The van der Waals surface area contributed by atoms with E-state index in [1.807, 2.05) is 31.2 Å². The number of aromatic nitrogens is 5. The van der Waals surface area contributed by atoms with Gasteiger partial charge in [0.05, 0.1) is 30.1 Å². The number of imidazole rings is 1. The number of nitrogens with one attached hydrogen (secondary N) is 1. The minimum atomic E-state index is -0.507. The van der Waals surface area contributed by atoms with Gasteiger partial charge in [-0.25, -0.2) is 24.3 Å². The van der Waals surface area contributed by atoms with Crippen molar-refractivity contribution in [3.63, 3.8) is 0 Å². The minimum Gasteiger partial charge on any atom is -0.479 e. The third-order valence-electron chi connectivity index (χ3n) is 7.90. The molecule has 0 atom stereocenters. The second-order valence-electron chi connectivity index (χ2n) is 10.4. The van der Waals surface area contributed by atoms with Crippen LogP contribution in [0.15, 0.2) is 42.9 Å². The van der Waals surface area contributed by atoms with Gasteiger partial charge in [-0.15, -0.1) is 0 Å². The fourth-order valence-electron chi connectivity index (χ4n) is 5.49. The largest absolute Gasteiger partial charge is 0.479 e. The summed E-state index contributed by atoms with van der Waals surface area (Å²) in [5.41, 5.74) is 7.09. The number of hydrogen-bond acceptors (Lipinski definition) is 7. The monoisotopic (exact) mass is 521 g/mol. The molecule has 6 rings (SSSR count). The summed E-state index contributed by atoms with van der Waals surface area (Å²) in [7, 11) is 1.40. The van der Waals surface area contributed by atoms with Crippen LogP contribution in [0, 0.1) is 24.1 Å². The van der Waals surface area contributed by atoms with E-state index in [4.69, 9.17) is 15.0 Å². The van der Waals surface area contributed by atoms with Crippen LogP contribution in [0.1, 0.15) is 53.7 Å². The van der Waals surface area contributed by atoms with Crippen LogP contribution in [0.5, 0.6) is 5.88 Å². The summed E-state index contributed by atoms with van der Waals surface area (Å²) in [6.07, 6.45) is 7.96. The molecule has 1 saturated heterocycles. The zero-order valence-electron chi connectivity index (χ0n) is 22.1. The molecule has 0 saturated carbocycles. The van der Waals surface area contributed by atoms with Crippen LogP contribution in [-0.2, 0) is 11.8 Å². The summed E-state index contributed by atoms with van der Waals surface area (Å²) in [4.78, 5) is 24.0. The van der Waals surface area contributed by atoms with Crippen molar-refractivity contribution in [1.82, 2.24) is 24.9 Å². The van der Waals surface area contributed by atoms with E-state index in [1.54, 1.807) is 12.5 Å². The van der Waals surface area contributed by atoms with Gasteiger partial charge in [-0.1, -0.05) is 19.1 Å². The Labute approximate surface area is 226 Å². The van der Waals surface area contributed by atoms with Crippen molar-refractivity contribution in [2.45, 2.75) is 38.5 Å². The average Bonchev–Trinajstić information content (AvgIpc) is 3.58. The molecule has 9 heteroatoms. The molecule has 1 aromatic carbocycles.